The Morgan fingerprint density at radius 1 is 1.02 bits per heavy atom. The van der Waals surface area contributed by atoms with Gasteiger partial charge in [0.2, 0.25) is 0 Å². The molecule has 46 heavy (non-hydrogen) atoms. The molecular weight excluding hydrogens is 705 g/mol. The molecule has 25 heteroatoms. The maximum Gasteiger partial charge on any atom is 0.320 e. The van der Waals surface area contributed by atoms with Crippen LogP contribution in [0.25, 0.3) is 11.2 Å². The zero-order chi connectivity index (χ0) is 35.2. The number of hydrogen-bond acceptors (Lipinski definition) is 17. The van der Waals surface area contributed by atoms with Gasteiger partial charge in [-0.2, -0.15) is 16.8 Å². The Labute approximate surface area is 264 Å². The third kappa shape index (κ3) is 11.3. The van der Waals surface area contributed by atoms with E-state index in [4.69, 9.17) is 47.9 Å². The Morgan fingerprint density at radius 2 is 1.54 bits per heavy atom. The molecule has 1 aromatic carbocycles. The lowest BCUT2D eigenvalue weighted by atomic mass is 10.1. The van der Waals surface area contributed by atoms with E-state index in [2.05, 4.69) is 15.0 Å². The number of imidazole rings is 1. The Hall–Kier alpha value is -3.08. The first-order valence-electron chi connectivity index (χ1n) is 12.2. The van der Waals surface area contributed by atoms with E-state index in [1.807, 2.05) is 6.26 Å². The number of benzene rings is 1. The molecule has 3 aromatic rings. The third-order valence-electron chi connectivity index (χ3n) is 5.95. The fourth-order valence-electron chi connectivity index (χ4n) is 3.84. The van der Waals surface area contributed by atoms with Crippen molar-refractivity contribution in [1.82, 2.24) is 19.5 Å². The Kier molecular flexibility index (Phi) is 13.3. The predicted molar refractivity (Wildman–Crippen MR) is 155 cm³/mol. The van der Waals surface area contributed by atoms with Crippen LogP contribution in [-0.4, -0.2) is 126 Å². The van der Waals surface area contributed by atoms with Crippen LogP contribution < -0.4 is 11.5 Å². The van der Waals surface area contributed by atoms with Gasteiger partial charge < -0.3 is 40.6 Å². The number of fused-ring (bicyclic) bond motifs is 1. The minimum Gasteiger partial charge on any atom is -0.759 e. The van der Waals surface area contributed by atoms with Crippen LogP contribution in [0, 0.1) is 0 Å². The summed E-state index contributed by atoms with van der Waals surface area (Å²) < 4.78 is 101. The number of carboxylic acid groups (broad SMARTS) is 1. The molecule has 0 bridgehead atoms. The molecule has 9 N–H and O–H groups in total. The number of anilines is 1. The van der Waals surface area contributed by atoms with Crippen LogP contribution in [0.2, 0.25) is 0 Å². The fraction of sp³-hybridized carbons (Fsp3) is 0.429. The molecule has 1 aliphatic rings. The van der Waals surface area contributed by atoms with E-state index in [0.717, 1.165) is 12.1 Å². The topological polar surface area (TPSA) is 372 Å². The molecule has 0 saturated carbocycles. The van der Waals surface area contributed by atoms with Gasteiger partial charge in [-0.3, -0.25) is 26.9 Å². The van der Waals surface area contributed by atoms with Crippen LogP contribution in [0.3, 0.4) is 0 Å². The molecule has 21 nitrogen and oxygen atoms in total. The van der Waals surface area contributed by atoms with Crippen LogP contribution in [0.1, 0.15) is 12.6 Å². The summed E-state index contributed by atoms with van der Waals surface area (Å²) in [6.07, 6.45) is 1.31. The number of hydrogen-bond donors (Lipinski definition) is 7. The number of carboxylic acids is 1. The Morgan fingerprint density at radius 3 is 2.02 bits per heavy atom. The van der Waals surface area contributed by atoms with Crippen LogP contribution >= 0.6 is 0 Å². The van der Waals surface area contributed by atoms with Crippen molar-refractivity contribution in [2.45, 2.75) is 46.8 Å². The van der Waals surface area contributed by atoms with E-state index in [-0.39, 0.29) is 16.7 Å². The molecule has 1 fully saturated rings. The average Bonchev–Trinajstić information content (AvgIpc) is 3.47. The van der Waals surface area contributed by atoms with E-state index in [9.17, 15) is 31.8 Å². The SMILES string of the molecule is C[S+](CC[C@H](N)C(=O)O)C[C@H]1O[C@@H](n2cnc3c(N)ncnc32)[C@H](O)[C@@H]1O.O=S(=O)(O)c1ccccc1S(=O)(=O)O.O=S(=O)([O-])[O-]. The zero-order valence-corrected chi connectivity index (χ0v) is 26.6. The molecule has 3 heterocycles. The van der Waals surface area contributed by atoms with Gasteiger partial charge >= 0.3 is 5.97 Å². The summed E-state index contributed by atoms with van der Waals surface area (Å²) >= 11 is 0. The number of nitrogens with two attached hydrogens (primary N) is 2. The smallest absolute Gasteiger partial charge is 0.320 e. The van der Waals surface area contributed by atoms with Gasteiger partial charge in [0.05, 0.1) is 12.6 Å². The maximum atomic E-state index is 10.8. The lowest BCUT2D eigenvalue weighted by molar-refractivity contribution is -0.138. The highest BCUT2D eigenvalue weighted by Crippen LogP contribution is 2.32. The molecule has 0 spiro atoms. The summed E-state index contributed by atoms with van der Waals surface area (Å²) in [6, 6.07) is 3.28. The number of carbonyl (C=O) groups is 1. The van der Waals surface area contributed by atoms with Gasteiger partial charge in [0.15, 0.2) is 17.7 Å². The van der Waals surface area contributed by atoms with Crippen LogP contribution in [-0.2, 0) is 51.1 Å². The molecule has 0 aliphatic carbocycles. The van der Waals surface area contributed by atoms with Crippen molar-refractivity contribution in [2.75, 3.05) is 23.5 Å². The first-order chi connectivity index (χ1) is 21.0. The van der Waals surface area contributed by atoms with Gasteiger partial charge in [0, 0.05) is 16.8 Å². The molecule has 1 aliphatic heterocycles. The second kappa shape index (κ2) is 15.7. The van der Waals surface area contributed by atoms with E-state index >= 15 is 0 Å². The number of aliphatic hydroxyl groups excluding tert-OH is 2. The number of aliphatic hydroxyl groups is 2. The van der Waals surface area contributed by atoms with E-state index in [1.54, 1.807) is 0 Å². The molecule has 258 valence electrons. The summed E-state index contributed by atoms with van der Waals surface area (Å²) in [5, 5.41) is 29.7. The van der Waals surface area contributed by atoms with Crippen molar-refractivity contribution >= 4 is 64.5 Å². The molecule has 4 rings (SSSR count). The standard InChI is InChI=1S/C15H22N6O5S.C6H6O6S2.H2O4S/c1-27(3-2-7(16)15(24)25)4-8-10(22)11(23)14(26-8)21-6-20-9-12(17)18-5-19-13(9)21;7-13(8,9)5-3-1-2-4-6(5)14(10,11)12;1-5(2,3)4/h5-8,10-11,14,22-23H,2-4,16H2,1H3,(H2-,17,18,19,24,25);1-4H,(H,7,8,9)(H,10,11,12);(H2,1,2,3,4)/p-1/t7-,8+,10+,11+,14+,27?;;/m0../s1. The van der Waals surface area contributed by atoms with Crippen LogP contribution in [0.5, 0.6) is 0 Å². The number of aliphatic carboxylic acids is 1. The third-order valence-corrected chi connectivity index (χ3v) is 9.73. The molecule has 6 atom stereocenters. The second-order valence-corrected chi connectivity index (χ2v) is 15.2. The van der Waals surface area contributed by atoms with Gasteiger partial charge in [0.25, 0.3) is 20.2 Å². The van der Waals surface area contributed by atoms with Crippen molar-refractivity contribution in [3.05, 3.63) is 36.9 Å². The van der Waals surface area contributed by atoms with E-state index in [1.165, 1.54) is 29.4 Å². The van der Waals surface area contributed by atoms with Gasteiger partial charge in [-0.25, -0.2) is 15.0 Å². The number of rotatable bonds is 9. The molecular formula is C21H29N6O15S4-. The molecule has 1 saturated heterocycles. The fourth-order valence-corrected chi connectivity index (χ4v) is 7.28. The van der Waals surface area contributed by atoms with Gasteiger partial charge in [-0.15, -0.1) is 0 Å². The average molecular weight is 734 g/mol. The number of nitrogen functional groups attached to an aromatic ring is 1. The van der Waals surface area contributed by atoms with Crippen molar-refractivity contribution in [3.8, 4) is 0 Å². The summed E-state index contributed by atoms with van der Waals surface area (Å²) in [4.78, 5) is 21.3. The van der Waals surface area contributed by atoms with Gasteiger partial charge in [-0.1, -0.05) is 12.1 Å². The summed E-state index contributed by atoms with van der Waals surface area (Å²) in [6.45, 7) is 0. The minimum atomic E-state index is -5.17. The van der Waals surface area contributed by atoms with Crippen molar-refractivity contribution in [1.29, 1.82) is 0 Å². The quantitative estimate of drug-likeness (QED) is 0.0651. The Balaban J connectivity index is 0.000000323. The van der Waals surface area contributed by atoms with Crippen molar-refractivity contribution < 1.29 is 68.3 Å². The maximum absolute atomic E-state index is 10.8. The highest BCUT2D eigenvalue weighted by atomic mass is 32.3. The van der Waals surface area contributed by atoms with Crippen molar-refractivity contribution in [2.24, 2.45) is 5.73 Å². The van der Waals surface area contributed by atoms with E-state index < -0.39 is 77.0 Å². The molecule has 0 amide bonds. The molecule has 1 unspecified atom stereocenters. The summed E-state index contributed by atoms with van der Waals surface area (Å²) in [7, 11) is -14.7. The van der Waals surface area contributed by atoms with Gasteiger partial charge in [0.1, 0.15) is 57.5 Å². The number of aromatic nitrogens is 4. The minimum absolute atomic E-state index is 0.216. The highest BCUT2D eigenvalue weighted by molar-refractivity contribution is 7.96. The largest absolute Gasteiger partial charge is 0.759 e. The first kappa shape index (κ1) is 39.1. The number of ether oxygens (including phenoxy) is 1. The highest BCUT2D eigenvalue weighted by Gasteiger charge is 2.46. The lowest BCUT2D eigenvalue weighted by Crippen LogP contribution is -2.37. The van der Waals surface area contributed by atoms with Crippen molar-refractivity contribution in [3.63, 3.8) is 0 Å². The molecule has 2 aromatic heterocycles. The van der Waals surface area contributed by atoms with E-state index in [0.29, 0.717) is 29.1 Å². The monoisotopic (exact) mass is 733 g/mol. The number of nitrogens with zero attached hydrogens (tertiary/aromatic N) is 4. The van der Waals surface area contributed by atoms with Crippen LogP contribution in [0.15, 0.2) is 46.7 Å². The lowest BCUT2D eigenvalue weighted by Gasteiger charge is -2.16. The summed E-state index contributed by atoms with van der Waals surface area (Å²) in [5.74, 6) is 0.254. The first-order valence-corrected chi connectivity index (χ1v) is 18.4. The van der Waals surface area contributed by atoms with Crippen LogP contribution in [0.4, 0.5) is 5.82 Å². The van der Waals surface area contributed by atoms with Gasteiger partial charge in [-0.05, 0) is 23.0 Å². The zero-order valence-electron chi connectivity index (χ0n) is 23.4. The summed E-state index contributed by atoms with van der Waals surface area (Å²) in [5.41, 5.74) is 12.1. The molecule has 0 radical (unpaired) electrons. The predicted octanol–water partition coefficient (Wildman–Crippen LogP) is -3.08. The normalized spacial score (nSPS) is 21.4. The second-order valence-electron chi connectivity index (χ2n) is 9.32. The Bertz CT molecular complexity index is 1780.